The molecule has 2 aliphatic heterocycles. The Morgan fingerprint density at radius 3 is 2.15 bits per heavy atom. The van der Waals surface area contributed by atoms with E-state index in [0.717, 1.165) is 26.2 Å². The Hall–Kier alpha value is -0.120. The van der Waals surface area contributed by atoms with Crippen LogP contribution >= 0.6 is 0 Å². The number of hydrogen-bond acceptors (Lipinski definition) is 3. The molecule has 2 rings (SSSR count). The van der Waals surface area contributed by atoms with Gasteiger partial charge in [0, 0.05) is 37.0 Å². The van der Waals surface area contributed by atoms with Crippen molar-refractivity contribution in [3.8, 4) is 0 Å². The molecular formula is C10H20N2O. The molecule has 0 radical (unpaired) electrons. The van der Waals surface area contributed by atoms with Crippen molar-refractivity contribution in [3.05, 3.63) is 0 Å². The van der Waals surface area contributed by atoms with E-state index in [0.29, 0.717) is 0 Å². The number of likely N-dealkylation sites (tertiary alicyclic amines) is 1. The number of aliphatic hydroxyl groups excluding tert-OH is 1. The molecule has 2 atom stereocenters. The van der Waals surface area contributed by atoms with Crippen molar-refractivity contribution >= 4 is 0 Å². The Morgan fingerprint density at radius 1 is 1.23 bits per heavy atom. The van der Waals surface area contributed by atoms with E-state index < -0.39 is 0 Å². The van der Waals surface area contributed by atoms with Gasteiger partial charge in [-0.05, 0) is 7.05 Å². The molecule has 2 heterocycles. The first-order valence-electron chi connectivity index (χ1n) is 5.04. The van der Waals surface area contributed by atoms with Crippen LogP contribution in [0.2, 0.25) is 0 Å². The lowest BCUT2D eigenvalue weighted by atomic mass is 9.64. The molecule has 0 saturated carbocycles. The van der Waals surface area contributed by atoms with Gasteiger partial charge in [-0.25, -0.2) is 0 Å². The molecule has 2 aliphatic rings. The maximum atomic E-state index is 10.3. The fourth-order valence-corrected chi connectivity index (χ4v) is 3.24. The molecule has 3 heteroatoms. The second-order valence-electron chi connectivity index (χ2n) is 5.49. The normalized spacial score (nSPS) is 52.2. The van der Waals surface area contributed by atoms with Gasteiger partial charge in [-0.1, -0.05) is 13.8 Å². The summed E-state index contributed by atoms with van der Waals surface area (Å²) >= 11 is 0. The van der Waals surface area contributed by atoms with E-state index >= 15 is 0 Å². The number of nitrogens with one attached hydrogen (secondary N) is 1. The summed E-state index contributed by atoms with van der Waals surface area (Å²) in [6.07, 6.45) is -0.155. The Balaban J connectivity index is 2.29. The van der Waals surface area contributed by atoms with Crippen LogP contribution in [0.25, 0.3) is 0 Å². The van der Waals surface area contributed by atoms with Crippen molar-refractivity contribution in [1.29, 1.82) is 0 Å². The quantitative estimate of drug-likeness (QED) is 0.552. The lowest BCUT2D eigenvalue weighted by Crippen LogP contribution is -2.68. The lowest BCUT2D eigenvalue weighted by Gasteiger charge is -2.56. The molecule has 0 amide bonds. The molecule has 0 aliphatic carbocycles. The predicted octanol–water partition coefficient (Wildman–Crippen LogP) is -0.0915. The average Bonchev–Trinajstić information content (AvgIpc) is 1.97. The maximum Gasteiger partial charge on any atom is 0.0696 e. The van der Waals surface area contributed by atoms with E-state index in [9.17, 15) is 5.11 Å². The van der Waals surface area contributed by atoms with E-state index in [1.807, 2.05) is 0 Å². The first-order chi connectivity index (χ1) is 5.96. The molecule has 0 aromatic rings. The van der Waals surface area contributed by atoms with Gasteiger partial charge in [-0.15, -0.1) is 0 Å². The highest BCUT2D eigenvalue weighted by Gasteiger charge is 2.52. The van der Waals surface area contributed by atoms with Gasteiger partial charge in [0.05, 0.1) is 6.10 Å². The summed E-state index contributed by atoms with van der Waals surface area (Å²) in [4.78, 5) is 2.34. The van der Waals surface area contributed by atoms with E-state index in [1.165, 1.54) is 0 Å². The third kappa shape index (κ3) is 1.30. The topological polar surface area (TPSA) is 35.5 Å². The number of hydrogen-bond donors (Lipinski definition) is 2. The second-order valence-corrected chi connectivity index (χ2v) is 5.49. The van der Waals surface area contributed by atoms with Gasteiger partial charge >= 0.3 is 0 Å². The largest absolute Gasteiger partial charge is 0.392 e. The van der Waals surface area contributed by atoms with Crippen molar-refractivity contribution in [2.45, 2.75) is 20.0 Å². The minimum Gasteiger partial charge on any atom is -0.392 e. The summed E-state index contributed by atoms with van der Waals surface area (Å²) in [5.41, 5.74) is 0.0833. The molecule has 2 fully saturated rings. The molecule has 0 aromatic carbocycles. The van der Waals surface area contributed by atoms with Gasteiger partial charge in [-0.3, -0.25) is 0 Å². The molecule has 3 nitrogen and oxygen atoms in total. The zero-order chi connectivity index (χ0) is 9.69. The first-order valence-corrected chi connectivity index (χ1v) is 5.04. The summed E-state index contributed by atoms with van der Waals surface area (Å²) in [7, 11) is 2.15. The van der Waals surface area contributed by atoms with Crippen LogP contribution in [0.15, 0.2) is 0 Å². The van der Waals surface area contributed by atoms with Crippen LogP contribution in [0.3, 0.4) is 0 Å². The van der Waals surface area contributed by atoms with Gasteiger partial charge in [-0.2, -0.15) is 0 Å². The lowest BCUT2D eigenvalue weighted by molar-refractivity contribution is -0.135. The number of rotatable bonds is 0. The minimum atomic E-state index is -0.155. The smallest absolute Gasteiger partial charge is 0.0696 e. The Morgan fingerprint density at radius 2 is 1.69 bits per heavy atom. The van der Waals surface area contributed by atoms with Crippen LogP contribution in [0.5, 0.6) is 0 Å². The predicted molar refractivity (Wildman–Crippen MR) is 52.6 cm³/mol. The zero-order valence-corrected chi connectivity index (χ0v) is 8.80. The Kier molecular flexibility index (Phi) is 1.95. The van der Waals surface area contributed by atoms with Crippen LogP contribution < -0.4 is 5.32 Å². The van der Waals surface area contributed by atoms with Gasteiger partial charge in [0.25, 0.3) is 0 Å². The molecule has 2 N–H and O–H groups in total. The number of fused-ring (bicyclic) bond motifs is 2. The summed E-state index contributed by atoms with van der Waals surface area (Å²) in [5.74, 6) is 0. The van der Waals surface area contributed by atoms with Gasteiger partial charge in [0.2, 0.25) is 0 Å². The van der Waals surface area contributed by atoms with Gasteiger partial charge < -0.3 is 15.3 Å². The highest BCUT2D eigenvalue weighted by atomic mass is 16.3. The van der Waals surface area contributed by atoms with Crippen molar-refractivity contribution in [3.63, 3.8) is 0 Å². The van der Waals surface area contributed by atoms with Crippen LogP contribution in [0.4, 0.5) is 0 Å². The fraction of sp³-hybridized carbons (Fsp3) is 1.00. The number of nitrogens with zero attached hydrogens (tertiary/aromatic N) is 1. The molecule has 0 aromatic heterocycles. The minimum absolute atomic E-state index is 0.0417. The summed E-state index contributed by atoms with van der Waals surface area (Å²) in [5, 5.41) is 13.7. The Bertz CT molecular complexity index is 201. The highest BCUT2D eigenvalue weighted by Crippen LogP contribution is 2.42. The Labute approximate surface area is 80.1 Å². The van der Waals surface area contributed by atoms with E-state index in [1.54, 1.807) is 0 Å². The first kappa shape index (κ1) is 9.44. The van der Waals surface area contributed by atoms with E-state index in [2.05, 4.69) is 31.1 Å². The summed E-state index contributed by atoms with van der Waals surface area (Å²) in [6.45, 7) is 8.23. The van der Waals surface area contributed by atoms with Crippen LogP contribution in [0, 0.1) is 10.8 Å². The SMILES string of the molecule is CN1C[C@@]2(C)CNC[C@](C)(C1)C2O. The van der Waals surface area contributed by atoms with E-state index in [-0.39, 0.29) is 16.9 Å². The molecule has 0 unspecified atom stereocenters. The maximum absolute atomic E-state index is 10.3. The molecule has 2 saturated heterocycles. The fourth-order valence-electron chi connectivity index (χ4n) is 3.24. The van der Waals surface area contributed by atoms with Gasteiger partial charge in [0.15, 0.2) is 0 Å². The van der Waals surface area contributed by atoms with Crippen molar-refractivity contribution < 1.29 is 5.11 Å². The van der Waals surface area contributed by atoms with Crippen LogP contribution in [0.1, 0.15) is 13.8 Å². The number of piperidine rings is 2. The molecular weight excluding hydrogens is 164 g/mol. The monoisotopic (exact) mass is 184 g/mol. The molecule has 0 spiro atoms. The van der Waals surface area contributed by atoms with Gasteiger partial charge in [0.1, 0.15) is 0 Å². The zero-order valence-electron chi connectivity index (χ0n) is 8.80. The van der Waals surface area contributed by atoms with Crippen molar-refractivity contribution in [2.75, 3.05) is 33.2 Å². The summed E-state index contributed by atoms with van der Waals surface area (Å²) < 4.78 is 0. The third-order valence-electron chi connectivity index (χ3n) is 3.64. The van der Waals surface area contributed by atoms with Crippen molar-refractivity contribution in [1.82, 2.24) is 10.2 Å². The molecule has 76 valence electrons. The van der Waals surface area contributed by atoms with Crippen LogP contribution in [-0.2, 0) is 0 Å². The second kappa shape index (κ2) is 2.69. The highest BCUT2D eigenvalue weighted by molar-refractivity contribution is 5.06. The summed E-state index contributed by atoms with van der Waals surface area (Å²) in [6, 6.07) is 0. The number of aliphatic hydroxyl groups is 1. The standard InChI is InChI=1S/C10H20N2O/c1-9-4-11-5-10(2,8(9)13)7-12(3)6-9/h8,11,13H,4-7H2,1-3H3/t9-,10-/m1/s1. The van der Waals surface area contributed by atoms with Crippen LogP contribution in [-0.4, -0.2) is 49.3 Å². The van der Waals surface area contributed by atoms with E-state index in [4.69, 9.17) is 0 Å². The van der Waals surface area contributed by atoms with Crippen molar-refractivity contribution in [2.24, 2.45) is 10.8 Å². The molecule has 2 bridgehead atoms. The average molecular weight is 184 g/mol. The molecule has 13 heavy (non-hydrogen) atoms. The third-order valence-corrected chi connectivity index (χ3v) is 3.64.